The predicted octanol–water partition coefficient (Wildman–Crippen LogP) is 3.94. The fourth-order valence-corrected chi connectivity index (χ4v) is 3.99. The molecule has 1 aliphatic heterocycles. The van der Waals surface area contributed by atoms with Crippen molar-refractivity contribution in [3.8, 4) is 11.5 Å². The summed E-state index contributed by atoms with van der Waals surface area (Å²) in [5.41, 5.74) is 1.29. The summed E-state index contributed by atoms with van der Waals surface area (Å²) in [6, 6.07) is 15.1. The maximum absolute atomic E-state index is 12.7. The Bertz CT molecular complexity index is 936. The Morgan fingerprint density at radius 1 is 1.03 bits per heavy atom. The lowest BCUT2D eigenvalue weighted by Gasteiger charge is -2.24. The third-order valence-corrected chi connectivity index (χ3v) is 5.92. The van der Waals surface area contributed by atoms with Crippen LogP contribution in [-0.2, 0) is 19.7 Å². The van der Waals surface area contributed by atoms with Crippen LogP contribution in [0.2, 0.25) is 0 Å². The first-order valence-electron chi connectivity index (χ1n) is 10.9. The quantitative estimate of drug-likeness (QED) is 0.683. The van der Waals surface area contributed by atoms with Crippen molar-refractivity contribution in [3.63, 3.8) is 0 Å². The van der Waals surface area contributed by atoms with E-state index in [1.807, 2.05) is 62.4 Å². The van der Waals surface area contributed by atoms with Crippen LogP contribution in [0.15, 0.2) is 48.5 Å². The fraction of sp³-hybridized carbons (Fsp3) is 0.440. The number of carbonyl (C=O) groups is 2. The van der Waals surface area contributed by atoms with Crippen LogP contribution in [0.4, 0.5) is 0 Å². The Labute approximate surface area is 182 Å². The van der Waals surface area contributed by atoms with Gasteiger partial charge in [-0.3, -0.25) is 9.59 Å². The SMILES string of the molecule is CC(C)[C@H](NC(=O)COC(=O)C1(c2ccccc2)CC1)c1ccc2c(c1)OCCCO2. The van der Waals surface area contributed by atoms with Gasteiger partial charge < -0.3 is 19.5 Å². The van der Waals surface area contributed by atoms with Gasteiger partial charge in [-0.05, 0) is 42.0 Å². The van der Waals surface area contributed by atoms with Crippen LogP contribution >= 0.6 is 0 Å². The van der Waals surface area contributed by atoms with E-state index in [0.29, 0.717) is 19.0 Å². The highest BCUT2D eigenvalue weighted by molar-refractivity contribution is 5.89. The van der Waals surface area contributed by atoms with Crippen LogP contribution < -0.4 is 14.8 Å². The van der Waals surface area contributed by atoms with Gasteiger partial charge in [0.25, 0.3) is 5.91 Å². The minimum atomic E-state index is -0.590. The van der Waals surface area contributed by atoms with E-state index in [4.69, 9.17) is 14.2 Å². The lowest BCUT2D eigenvalue weighted by molar-refractivity contribution is -0.151. The first-order chi connectivity index (χ1) is 15.0. The lowest BCUT2D eigenvalue weighted by atomic mass is 9.95. The zero-order valence-corrected chi connectivity index (χ0v) is 18.1. The Kier molecular flexibility index (Phi) is 6.16. The number of hydrogen-bond acceptors (Lipinski definition) is 5. The molecule has 1 saturated carbocycles. The summed E-state index contributed by atoms with van der Waals surface area (Å²) < 4.78 is 16.9. The molecule has 2 aromatic carbocycles. The van der Waals surface area contributed by atoms with Gasteiger partial charge in [-0.25, -0.2) is 0 Å². The molecule has 0 saturated heterocycles. The number of fused-ring (bicyclic) bond motifs is 1. The van der Waals surface area contributed by atoms with Crippen LogP contribution in [0.1, 0.15) is 50.3 Å². The van der Waals surface area contributed by atoms with E-state index in [-0.39, 0.29) is 30.4 Å². The third kappa shape index (κ3) is 4.68. The van der Waals surface area contributed by atoms with Gasteiger partial charge in [0.15, 0.2) is 18.1 Å². The smallest absolute Gasteiger partial charge is 0.317 e. The Hall–Kier alpha value is -3.02. The first-order valence-corrected chi connectivity index (χ1v) is 10.9. The van der Waals surface area contributed by atoms with Crippen molar-refractivity contribution >= 4 is 11.9 Å². The summed E-state index contributed by atoms with van der Waals surface area (Å²) >= 11 is 0. The third-order valence-electron chi connectivity index (χ3n) is 5.92. The second-order valence-electron chi connectivity index (χ2n) is 8.57. The molecule has 1 aliphatic carbocycles. The highest BCUT2D eigenvalue weighted by atomic mass is 16.5. The van der Waals surface area contributed by atoms with Crippen LogP contribution in [0.5, 0.6) is 11.5 Å². The summed E-state index contributed by atoms with van der Waals surface area (Å²) in [4.78, 5) is 25.3. The van der Waals surface area contributed by atoms with Crippen molar-refractivity contribution in [3.05, 3.63) is 59.7 Å². The maximum atomic E-state index is 12.7. The Balaban J connectivity index is 1.38. The molecule has 0 unspecified atom stereocenters. The van der Waals surface area contributed by atoms with Crippen molar-refractivity contribution < 1.29 is 23.8 Å². The number of hydrogen-bond donors (Lipinski definition) is 1. The Morgan fingerprint density at radius 2 is 1.74 bits per heavy atom. The molecule has 1 atom stereocenters. The minimum Gasteiger partial charge on any atom is -0.490 e. The first kappa shape index (κ1) is 21.2. The molecule has 6 nitrogen and oxygen atoms in total. The number of ether oxygens (including phenoxy) is 3. The van der Waals surface area contributed by atoms with Crippen molar-refractivity contribution in [1.82, 2.24) is 5.32 Å². The normalized spacial score (nSPS) is 17.4. The van der Waals surface area contributed by atoms with Gasteiger partial charge in [0.1, 0.15) is 0 Å². The molecule has 1 fully saturated rings. The summed E-state index contributed by atoms with van der Waals surface area (Å²) in [6.45, 7) is 5.02. The molecule has 31 heavy (non-hydrogen) atoms. The number of esters is 1. The lowest BCUT2D eigenvalue weighted by Crippen LogP contribution is -2.36. The highest BCUT2D eigenvalue weighted by Crippen LogP contribution is 2.49. The van der Waals surface area contributed by atoms with Crippen LogP contribution in [0.3, 0.4) is 0 Å². The van der Waals surface area contributed by atoms with E-state index in [0.717, 1.165) is 36.1 Å². The number of carbonyl (C=O) groups excluding carboxylic acids is 2. The minimum absolute atomic E-state index is 0.142. The maximum Gasteiger partial charge on any atom is 0.317 e. The summed E-state index contributed by atoms with van der Waals surface area (Å²) in [5.74, 6) is 0.913. The van der Waals surface area contributed by atoms with Crippen molar-refractivity contribution in [2.24, 2.45) is 5.92 Å². The molecule has 1 N–H and O–H groups in total. The number of rotatable bonds is 7. The molecule has 0 radical (unpaired) electrons. The number of amides is 1. The molecule has 2 aliphatic rings. The molecule has 0 aromatic heterocycles. The zero-order chi connectivity index (χ0) is 21.8. The summed E-state index contributed by atoms with van der Waals surface area (Å²) in [6.07, 6.45) is 2.34. The van der Waals surface area contributed by atoms with E-state index < -0.39 is 5.41 Å². The van der Waals surface area contributed by atoms with Gasteiger partial charge in [-0.15, -0.1) is 0 Å². The van der Waals surface area contributed by atoms with Crippen LogP contribution in [0.25, 0.3) is 0 Å². The topological polar surface area (TPSA) is 73.9 Å². The van der Waals surface area contributed by atoms with Crippen molar-refractivity contribution in [2.45, 2.75) is 44.6 Å². The molecule has 0 spiro atoms. The van der Waals surface area contributed by atoms with Gasteiger partial charge in [-0.2, -0.15) is 0 Å². The second kappa shape index (κ2) is 9.00. The highest BCUT2D eigenvalue weighted by Gasteiger charge is 2.52. The van der Waals surface area contributed by atoms with Crippen molar-refractivity contribution in [2.75, 3.05) is 19.8 Å². The molecular formula is C25H29NO5. The number of benzene rings is 2. The molecule has 6 heteroatoms. The van der Waals surface area contributed by atoms with Gasteiger partial charge in [0.05, 0.1) is 24.7 Å². The molecule has 1 heterocycles. The molecule has 0 bridgehead atoms. The monoisotopic (exact) mass is 423 g/mol. The van der Waals surface area contributed by atoms with E-state index in [2.05, 4.69) is 5.32 Å². The predicted molar refractivity (Wildman–Crippen MR) is 116 cm³/mol. The zero-order valence-electron chi connectivity index (χ0n) is 18.1. The molecule has 1 amide bonds. The van der Waals surface area contributed by atoms with Gasteiger partial charge >= 0.3 is 5.97 Å². The average Bonchev–Trinajstić information content (AvgIpc) is 3.60. The van der Waals surface area contributed by atoms with Crippen LogP contribution in [-0.4, -0.2) is 31.7 Å². The Morgan fingerprint density at radius 3 is 2.42 bits per heavy atom. The fourth-order valence-electron chi connectivity index (χ4n) is 3.99. The van der Waals surface area contributed by atoms with E-state index in [1.54, 1.807) is 0 Å². The molecule has 164 valence electrons. The average molecular weight is 424 g/mol. The van der Waals surface area contributed by atoms with E-state index in [9.17, 15) is 9.59 Å². The molecule has 2 aromatic rings. The standard InChI is InChI=1S/C25H29NO5/c1-17(2)23(18-9-10-20-21(15-18)30-14-6-13-29-20)26-22(27)16-31-24(28)25(11-12-25)19-7-4-3-5-8-19/h3-5,7-10,15,17,23H,6,11-14,16H2,1-2H3,(H,26,27)/t23-/m0/s1. The van der Waals surface area contributed by atoms with Gasteiger partial charge in [-0.1, -0.05) is 50.2 Å². The van der Waals surface area contributed by atoms with Gasteiger partial charge in [0.2, 0.25) is 0 Å². The second-order valence-corrected chi connectivity index (χ2v) is 8.57. The molecule has 4 rings (SSSR count). The van der Waals surface area contributed by atoms with E-state index >= 15 is 0 Å². The summed E-state index contributed by atoms with van der Waals surface area (Å²) in [7, 11) is 0. The van der Waals surface area contributed by atoms with Crippen LogP contribution in [0, 0.1) is 5.92 Å². The van der Waals surface area contributed by atoms with Crippen molar-refractivity contribution in [1.29, 1.82) is 0 Å². The largest absolute Gasteiger partial charge is 0.490 e. The van der Waals surface area contributed by atoms with E-state index in [1.165, 1.54) is 0 Å². The molecular weight excluding hydrogens is 394 g/mol. The number of nitrogens with one attached hydrogen (secondary N) is 1. The summed E-state index contributed by atoms with van der Waals surface area (Å²) in [5, 5.41) is 3.01. The van der Waals surface area contributed by atoms with Gasteiger partial charge in [0, 0.05) is 6.42 Å².